The van der Waals surface area contributed by atoms with E-state index in [-0.39, 0.29) is 6.03 Å². The van der Waals surface area contributed by atoms with Crippen LogP contribution in [-0.4, -0.2) is 43.2 Å². The van der Waals surface area contributed by atoms with Crippen LogP contribution in [0.1, 0.15) is 34.6 Å². The predicted octanol–water partition coefficient (Wildman–Crippen LogP) is 1.67. The van der Waals surface area contributed by atoms with Gasteiger partial charge in [0, 0.05) is 19.1 Å². The molecular formula is C12H27N3O. The van der Waals surface area contributed by atoms with E-state index in [2.05, 4.69) is 50.2 Å². The van der Waals surface area contributed by atoms with Crippen molar-refractivity contribution in [2.24, 2.45) is 5.92 Å². The number of nitrogens with zero attached hydrogens (tertiary/aromatic N) is 1. The summed E-state index contributed by atoms with van der Waals surface area (Å²) in [6.45, 7) is 14.0. The summed E-state index contributed by atoms with van der Waals surface area (Å²) in [6.07, 6.45) is 0. The van der Waals surface area contributed by atoms with Gasteiger partial charge in [-0.05, 0) is 25.9 Å². The molecular weight excluding hydrogens is 202 g/mol. The van der Waals surface area contributed by atoms with Crippen LogP contribution in [0.2, 0.25) is 0 Å². The highest BCUT2D eigenvalue weighted by Crippen LogP contribution is 1.96. The largest absolute Gasteiger partial charge is 0.338 e. The maximum absolute atomic E-state index is 11.4. The molecule has 0 aliphatic rings. The SMILES string of the molecule is CCN(CC)C(C)CNC(=O)NCC(C)C. The van der Waals surface area contributed by atoms with E-state index < -0.39 is 0 Å². The van der Waals surface area contributed by atoms with E-state index in [1.54, 1.807) is 0 Å². The summed E-state index contributed by atoms with van der Waals surface area (Å²) in [5.74, 6) is 0.492. The minimum atomic E-state index is -0.0623. The molecule has 2 N–H and O–H groups in total. The molecule has 0 saturated heterocycles. The lowest BCUT2D eigenvalue weighted by molar-refractivity contribution is 0.214. The van der Waals surface area contributed by atoms with Crippen molar-refractivity contribution in [1.29, 1.82) is 0 Å². The third-order valence-corrected chi connectivity index (χ3v) is 2.66. The Labute approximate surface area is 99.8 Å². The number of likely N-dealkylation sites (N-methyl/N-ethyl adjacent to an activating group) is 1. The molecule has 0 bridgehead atoms. The standard InChI is InChI=1S/C12H27N3O/c1-6-15(7-2)11(5)9-14-12(16)13-8-10(3)4/h10-11H,6-9H2,1-5H3,(H2,13,14,16). The average Bonchev–Trinajstić information content (AvgIpc) is 2.25. The zero-order valence-corrected chi connectivity index (χ0v) is 11.3. The monoisotopic (exact) mass is 229 g/mol. The van der Waals surface area contributed by atoms with Crippen molar-refractivity contribution in [3.63, 3.8) is 0 Å². The minimum Gasteiger partial charge on any atom is -0.338 e. The molecule has 0 fully saturated rings. The Morgan fingerprint density at radius 2 is 1.56 bits per heavy atom. The molecule has 16 heavy (non-hydrogen) atoms. The minimum absolute atomic E-state index is 0.0623. The Balaban J connectivity index is 3.73. The first-order valence-electron chi connectivity index (χ1n) is 6.26. The molecule has 1 atom stereocenters. The number of nitrogens with one attached hydrogen (secondary N) is 2. The van der Waals surface area contributed by atoms with Crippen molar-refractivity contribution < 1.29 is 4.79 Å². The van der Waals surface area contributed by atoms with Crippen molar-refractivity contribution >= 4 is 6.03 Å². The third kappa shape index (κ3) is 6.67. The first-order valence-corrected chi connectivity index (χ1v) is 6.26. The second-order valence-electron chi connectivity index (χ2n) is 4.56. The lowest BCUT2D eigenvalue weighted by Crippen LogP contribution is -2.45. The Bertz CT molecular complexity index is 191. The lowest BCUT2D eigenvalue weighted by atomic mass is 10.2. The van der Waals surface area contributed by atoms with Crippen LogP contribution in [0.5, 0.6) is 0 Å². The first-order chi connectivity index (χ1) is 7.51. The van der Waals surface area contributed by atoms with Crippen LogP contribution < -0.4 is 10.6 Å². The van der Waals surface area contributed by atoms with Crippen LogP contribution in [-0.2, 0) is 0 Å². The fourth-order valence-electron chi connectivity index (χ4n) is 1.58. The highest BCUT2D eigenvalue weighted by atomic mass is 16.2. The molecule has 0 saturated carbocycles. The number of carbonyl (C=O) groups excluding carboxylic acids is 1. The fourth-order valence-corrected chi connectivity index (χ4v) is 1.58. The summed E-state index contributed by atoms with van der Waals surface area (Å²) in [4.78, 5) is 13.7. The quantitative estimate of drug-likeness (QED) is 0.697. The highest BCUT2D eigenvalue weighted by Gasteiger charge is 2.10. The molecule has 96 valence electrons. The van der Waals surface area contributed by atoms with Gasteiger partial charge >= 0.3 is 6.03 Å². The van der Waals surface area contributed by atoms with E-state index in [9.17, 15) is 4.79 Å². The maximum Gasteiger partial charge on any atom is 0.314 e. The van der Waals surface area contributed by atoms with Gasteiger partial charge in [-0.25, -0.2) is 4.79 Å². The molecule has 1 unspecified atom stereocenters. The van der Waals surface area contributed by atoms with Gasteiger partial charge < -0.3 is 10.6 Å². The molecule has 0 radical (unpaired) electrons. The Hall–Kier alpha value is -0.770. The molecule has 2 amide bonds. The molecule has 0 aromatic carbocycles. The van der Waals surface area contributed by atoms with E-state index in [4.69, 9.17) is 0 Å². The number of amides is 2. The number of carbonyl (C=O) groups is 1. The Morgan fingerprint density at radius 3 is 2.00 bits per heavy atom. The van der Waals surface area contributed by atoms with Crippen LogP contribution in [0.4, 0.5) is 4.79 Å². The summed E-state index contributed by atoms with van der Waals surface area (Å²) in [5.41, 5.74) is 0. The Kier molecular flexibility index (Phi) is 7.99. The highest BCUT2D eigenvalue weighted by molar-refractivity contribution is 5.73. The van der Waals surface area contributed by atoms with Gasteiger partial charge in [0.2, 0.25) is 0 Å². The number of hydrogen-bond acceptors (Lipinski definition) is 2. The van der Waals surface area contributed by atoms with Gasteiger partial charge in [0.25, 0.3) is 0 Å². The second kappa shape index (κ2) is 8.39. The van der Waals surface area contributed by atoms with Crippen molar-refractivity contribution in [3.05, 3.63) is 0 Å². The van der Waals surface area contributed by atoms with Gasteiger partial charge in [-0.15, -0.1) is 0 Å². The van der Waals surface area contributed by atoms with Gasteiger partial charge in [0.05, 0.1) is 0 Å². The van der Waals surface area contributed by atoms with Gasteiger partial charge in [0.1, 0.15) is 0 Å². The van der Waals surface area contributed by atoms with Crippen molar-refractivity contribution in [3.8, 4) is 0 Å². The molecule has 0 heterocycles. The number of hydrogen-bond donors (Lipinski definition) is 2. The molecule has 4 nitrogen and oxygen atoms in total. The second-order valence-corrected chi connectivity index (χ2v) is 4.56. The van der Waals surface area contributed by atoms with E-state index in [0.29, 0.717) is 18.5 Å². The number of urea groups is 1. The first kappa shape index (κ1) is 15.2. The van der Waals surface area contributed by atoms with Crippen LogP contribution in [0, 0.1) is 5.92 Å². The van der Waals surface area contributed by atoms with Gasteiger partial charge in [-0.3, -0.25) is 4.90 Å². The molecule has 0 aliphatic carbocycles. The molecule has 0 rings (SSSR count). The van der Waals surface area contributed by atoms with Crippen LogP contribution in [0.3, 0.4) is 0 Å². The summed E-state index contributed by atoms with van der Waals surface area (Å²) >= 11 is 0. The van der Waals surface area contributed by atoms with Crippen LogP contribution in [0.15, 0.2) is 0 Å². The third-order valence-electron chi connectivity index (χ3n) is 2.66. The van der Waals surface area contributed by atoms with E-state index in [0.717, 1.165) is 19.6 Å². The van der Waals surface area contributed by atoms with E-state index >= 15 is 0 Å². The fraction of sp³-hybridized carbons (Fsp3) is 0.917. The lowest BCUT2D eigenvalue weighted by Gasteiger charge is -2.26. The van der Waals surface area contributed by atoms with Crippen molar-refractivity contribution in [2.75, 3.05) is 26.2 Å². The van der Waals surface area contributed by atoms with E-state index in [1.807, 2.05) is 0 Å². The predicted molar refractivity (Wildman–Crippen MR) is 68.6 cm³/mol. The van der Waals surface area contributed by atoms with Gasteiger partial charge in [-0.2, -0.15) is 0 Å². The molecule has 0 aromatic heterocycles. The zero-order valence-electron chi connectivity index (χ0n) is 11.3. The summed E-state index contributed by atoms with van der Waals surface area (Å²) in [6, 6.07) is 0.326. The molecule has 0 spiro atoms. The van der Waals surface area contributed by atoms with E-state index in [1.165, 1.54) is 0 Å². The van der Waals surface area contributed by atoms with Gasteiger partial charge in [0.15, 0.2) is 0 Å². The molecule has 0 aromatic rings. The normalized spacial score (nSPS) is 12.9. The number of rotatable bonds is 7. The average molecular weight is 229 g/mol. The van der Waals surface area contributed by atoms with Crippen molar-refractivity contribution in [1.82, 2.24) is 15.5 Å². The summed E-state index contributed by atoms with van der Waals surface area (Å²) < 4.78 is 0. The maximum atomic E-state index is 11.4. The van der Waals surface area contributed by atoms with Gasteiger partial charge in [-0.1, -0.05) is 27.7 Å². The van der Waals surface area contributed by atoms with Crippen molar-refractivity contribution in [2.45, 2.75) is 40.7 Å². The summed E-state index contributed by atoms with van der Waals surface area (Å²) in [7, 11) is 0. The summed E-state index contributed by atoms with van der Waals surface area (Å²) in [5, 5.41) is 5.74. The molecule has 0 aliphatic heterocycles. The van der Waals surface area contributed by atoms with Crippen LogP contribution >= 0.6 is 0 Å². The topological polar surface area (TPSA) is 44.4 Å². The smallest absolute Gasteiger partial charge is 0.314 e. The van der Waals surface area contributed by atoms with Crippen LogP contribution in [0.25, 0.3) is 0 Å². The Morgan fingerprint density at radius 1 is 1.06 bits per heavy atom. The zero-order chi connectivity index (χ0) is 12.6. The molecule has 4 heteroatoms.